The molecule has 7 heteroatoms. The van der Waals surface area contributed by atoms with Gasteiger partial charge in [-0.1, -0.05) is 17.7 Å². The number of nitrogens with one attached hydrogen (secondary N) is 1. The van der Waals surface area contributed by atoms with Gasteiger partial charge in [-0.05, 0) is 55.9 Å². The lowest BCUT2D eigenvalue weighted by Gasteiger charge is -2.28. The van der Waals surface area contributed by atoms with E-state index in [0.717, 1.165) is 36.8 Å². The molecule has 1 fully saturated rings. The molecule has 0 atom stereocenters. The molecular weight excluding hydrogens is 334 g/mol. The lowest BCUT2D eigenvalue weighted by Crippen LogP contribution is -2.39. The molecule has 0 unspecified atom stereocenters. The normalized spacial score (nSPS) is 19.8. The minimum atomic E-state index is -1.83. The summed E-state index contributed by atoms with van der Waals surface area (Å²) in [5.74, 6) is 0.0938. The first kappa shape index (κ1) is 20.3. The molecule has 1 aromatic carbocycles. The van der Waals surface area contributed by atoms with Gasteiger partial charge in [-0.25, -0.2) is 4.79 Å². The van der Waals surface area contributed by atoms with Crippen LogP contribution in [0.5, 0.6) is 0 Å². The molecule has 0 spiro atoms. The molecule has 6 nitrogen and oxygen atoms in total. The van der Waals surface area contributed by atoms with E-state index in [9.17, 15) is 4.79 Å². The lowest BCUT2D eigenvalue weighted by molar-refractivity contribution is -0.121. The van der Waals surface area contributed by atoms with Crippen LogP contribution in [0, 0.1) is 6.92 Å². The highest BCUT2D eigenvalue weighted by Crippen LogP contribution is 2.21. The third-order valence-corrected chi connectivity index (χ3v) is 4.26. The number of hydrogen-bond acceptors (Lipinski definition) is 3. The zero-order chi connectivity index (χ0) is 18.1. The SMILES string of the molecule is COC1CCC(NC(=O)Cc2ccc(Cl)cc2C)CC1.O=C(O)O. The smallest absolute Gasteiger partial charge is 0.450 e. The predicted molar refractivity (Wildman–Crippen MR) is 91.7 cm³/mol. The lowest BCUT2D eigenvalue weighted by atomic mass is 9.92. The van der Waals surface area contributed by atoms with E-state index in [-0.39, 0.29) is 5.91 Å². The second kappa shape index (κ2) is 10.2. The summed E-state index contributed by atoms with van der Waals surface area (Å²) < 4.78 is 5.34. The van der Waals surface area contributed by atoms with Gasteiger partial charge < -0.3 is 20.3 Å². The molecular formula is C17H24ClNO5. The van der Waals surface area contributed by atoms with Crippen LogP contribution in [0.25, 0.3) is 0 Å². The molecule has 24 heavy (non-hydrogen) atoms. The number of aryl methyl sites for hydroxylation is 1. The molecule has 1 aliphatic rings. The number of hydrogen-bond donors (Lipinski definition) is 3. The molecule has 0 saturated heterocycles. The number of carbonyl (C=O) groups is 2. The van der Waals surface area contributed by atoms with Crippen LogP contribution in [0.15, 0.2) is 18.2 Å². The molecule has 2 rings (SSSR count). The number of carbonyl (C=O) groups excluding carboxylic acids is 1. The summed E-state index contributed by atoms with van der Waals surface area (Å²) in [6.07, 6.45) is 3.02. The summed E-state index contributed by atoms with van der Waals surface area (Å²) in [7, 11) is 1.76. The Morgan fingerprint density at radius 3 is 2.33 bits per heavy atom. The topological polar surface area (TPSA) is 95.9 Å². The quantitative estimate of drug-likeness (QED) is 0.766. The Bertz CT molecular complexity index is 552. The van der Waals surface area contributed by atoms with Crippen molar-refractivity contribution >= 4 is 23.7 Å². The minimum Gasteiger partial charge on any atom is -0.450 e. The van der Waals surface area contributed by atoms with Crippen molar-refractivity contribution in [3.63, 3.8) is 0 Å². The van der Waals surface area contributed by atoms with Crippen molar-refractivity contribution < 1.29 is 24.5 Å². The number of ether oxygens (including phenoxy) is 1. The fourth-order valence-electron chi connectivity index (χ4n) is 2.75. The molecule has 0 heterocycles. The third-order valence-electron chi connectivity index (χ3n) is 4.03. The average Bonchev–Trinajstić information content (AvgIpc) is 2.50. The van der Waals surface area contributed by atoms with Crippen LogP contribution in [0.3, 0.4) is 0 Å². The van der Waals surface area contributed by atoms with E-state index in [1.165, 1.54) is 0 Å². The number of methoxy groups -OCH3 is 1. The van der Waals surface area contributed by atoms with E-state index in [2.05, 4.69) is 5.32 Å². The Labute approximate surface area is 146 Å². The van der Waals surface area contributed by atoms with Gasteiger partial charge in [-0.2, -0.15) is 0 Å². The monoisotopic (exact) mass is 357 g/mol. The van der Waals surface area contributed by atoms with E-state index >= 15 is 0 Å². The number of halogens is 1. The number of amides is 1. The molecule has 0 bridgehead atoms. The van der Waals surface area contributed by atoms with Gasteiger partial charge in [0, 0.05) is 18.2 Å². The second-order valence-corrected chi connectivity index (χ2v) is 6.24. The Hall–Kier alpha value is -1.79. The van der Waals surface area contributed by atoms with Crippen molar-refractivity contribution in [3.8, 4) is 0 Å². The molecule has 0 aromatic heterocycles. The Kier molecular flexibility index (Phi) is 8.57. The largest absolute Gasteiger partial charge is 0.503 e. The molecule has 1 amide bonds. The highest BCUT2D eigenvalue weighted by Gasteiger charge is 2.22. The van der Waals surface area contributed by atoms with E-state index in [1.54, 1.807) is 7.11 Å². The molecule has 1 saturated carbocycles. The number of benzene rings is 1. The average molecular weight is 358 g/mol. The van der Waals surface area contributed by atoms with Crippen LogP contribution in [0.4, 0.5) is 4.79 Å². The van der Waals surface area contributed by atoms with Gasteiger partial charge in [0.05, 0.1) is 12.5 Å². The van der Waals surface area contributed by atoms with Gasteiger partial charge >= 0.3 is 6.16 Å². The Morgan fingerprint density at radius 1 is 1.25 bits per heavy atom. The maximum absolute atomic E-state index is 12.1. The van der Waals surface area contributed by atoms with Gasteiger partial charge in [0.2, 0.25) is 5.91 Å². The van der Waals surface area contributed by atoms with Gasteiger partial charge in [-0.3, -0.25) is 4.79 Å². The Morgan fingerprint density at radius 2 is 1.83 bits per heavy atom. The van der Waals surface area contributed by atoms with E-state index < -0.39 is 6.16 Å². The van der Waals surface area contributed by atoms with E-state index in [4.69, 9.17) is 31.3 Å². The van der Waals surface area contributed by atoms with Gasteiger partial charge in [-0.15, -0.1) is 0 Å². The van der Waals surface area contributed by atoms with Crippen LogP contribution in [-0.4, -0.2) is 41.5 Å². The van der Waals surface area contributed by atoms with E-state index in [1.807, 2.05) is 25.1 Å². The highest BCUT2D eigenvalue weighted by atomic mass is 35.5. The van der Waals surface area contributed by atoms with Crippen LogP contribution in [0.2, 0.25) is 5.02 Å². The predicted octanol–water partition coefficient (Wildman–Crippen LogP) is 3.49. The molecule has 134 valence electrons. The van der Waals surface area contributed by atoms with Crippen molar-refractivity contribution in [1.29, 1.82) is 0 Å². The third kappa shape index (κ3) is 7.66. The van der Waals surface area contributed by atoms with Crippen LogP contribution < -0.4 is 5.32 Å². The number of rotatable bonds is 4. The molecule has 0 aliphatic heterocycles. The highest BCUT2D eigenvalue weighted by molar-refractivity contribution is 6.30. The molecule has 1 aliphatic carbocycles. The van der Waals surface area contributed by atoms with Crippen molar-refractivity contribution in [2.45, 2.75) is 51.2 Å². The fraction of sp³-hybridized carbons (Fsp3) is 0.529. The van der Waals surface area contributed by atoms with Crippen molar-refractivity contribution in [3.05, 3.63) is 34.3 Å². The van der Waals surface area contributed by atoms with Crippen molar-refractivity contribution in [2.24, 2.45) is 0 Å². The molecule has 0 radical (unpaired) electrons. The van der Waals surface area contributed by atoms with Crippen LogP contribution >= 0.6 is 11.6 Å². The molecule has 3 N–H and O–H groups in total. The standard InChI is InChI=1S/C16H22ClNO2.CH2O3/c1-11-9-13(17)4-3-12(11)10-16(19)18-14-5-7-15(20-2)8-6-14;2-1(3)4/h3-4,9,14-15H,5-8,10H2,1-2H3,(H,18,19);(H2,2,3,4). The zero-order valence-corrected chi connectivity index (χ0v) is 14.7. The minimum absolute atomic E-state index is 0.0938. The van der Waals surface area contributed by atoms with Crippen molar-refractivity contribution in [1.82, 2.24) is 5.32 Å². The first-order valence-electron chi connectivity index (χ1n) is 7.81. The fourth-order valence-corrected chi connectivity index (χ4v) is 2.98. The summed E-state index contributed by atoms with van der Waals surface area (Å²) >= 11 is 5.92. The summed E-state index contributed by atoms with van der Waals surface area (Å²) in [5, 5.41) is 17.8. The first-order chi connectivity index (χ1) is 11.3. The molecule has 1 aromatic rings. The Balaban J connectivity index is 0.000000648. The van der Waals surface area contributed by atoms with Gasteiger partial charge in [0.1, 0.15) is 0 Å². The summed E-state index contributed by atoms with van der Waals surface area (Å²) in [6.45, 7) is 1.98. The summed E-state index contributed by atoms with van der Waals surface area (Å²) in [5.41, 5.74) is 2.10. The maximum atomic E-state index is 12.1. The number of carboxylic acid groups (broad SMARTS) is 2. The second-order valence-electron chi connectivity index (χ2n) is 5.81. The van der Waals surface area contributed by atoms with Crippen molar-refractivity contribution in [2.75, 3.05) is 7.11 Å². The summed E-state index contributed by atoms with van der Waals surface area (Å²) in [6, 6.07) is 5.95. The van der Waals surface area contributed by atoms with Gasteiger partial charge in [0.15, 0.2) is 0 Å². The first-order valence-corrected chi connectivity index (χ1v) is 8.18. The summed E-state index contributed by atoms with van der Waals surface area (Å²) in [4.78, 5) is 20.6. The van der Waals surface area contributed by atoms with E-state index in [0.29, 0.717) is 23.6 Å². The zero-order valence-electron chi connectivity index (χ0n) is 13.9. The van der Waals surface area contributed by atoms with Crippen LogP contribution in [-0.2, 0) is 16.0 Å². The maximum Gasteiger partial charge on any atom is 0.503 e. The van der Waals surface area contributed by atoms with Crippen LogP contribution in [0.1, 0.15) is 36.8 Å². The van der Waals surface area contributed by atoms with Gasteiger partial charge in [0.25, 0.3) is 0 Å².